The van der Waals surface area contributed by atoms with E-state index in [-0.39, 0.29) is 74.4 Å². The Morgan fingerprint density at radius 1 is 0.525 bits per heavy atom. The summed E-state index contributed by atoms with van der Waals surface area (Å²) in [7, 11) is 0. The van der Waals surface area contributed by atoms with E-state index < -0.39 is 0 Å². The molecule has 7 nitrogen and oxygen atoms in total. The molecule has 2 aliphatic rings. The zero-order valence-electron chi connectivity index (χ0n) is 23.2. The van der Waals surface area contributed by atoms with Crippen molar-refractivity contribution in [3.05, 3.63) is 59.8 Å². The molecule has 0 saturated carbocycles. The van der Waals surface area contributed by atoms with Crippen LogP contribution in [-0.2, 0) is 13.1 Å². The summed E-state index contributed by atoms with van der Waals surface area (Å²) in [5, 5.41) is 10.7. The molecule has 0 bridgehead atoms. The number of piperazine rings is 1. The van der Waals surface area contributed by atoms with E-state index in [1.165, 1.54) is 24.0 Å². The molecule has 0 radical (unpaired) electrons. The Bertz CT molecular complexity index is 801. The van der Waals surface area contributed by atoms with Gasteiger partial charge in [-0.1, -0.05) is 30.3 Å². The molecule has 234 valence electrons. The van der Waals surface area contributed by atoms with Crippen LogP contribution in [-0.4, -0.2) is 93.3 Å². The summed E-state index contributed by atoms with van der Waals surface area (Å²) >= 11 is 0. The summed E-state index contributed by atoms with van der Waals surface area (Å²) in [6.07, 6.45) is 4.28. The highest BCUT2D eigenvalue weighted by molar-refractivity contribution is 5.86. The number of pyridine rings is 1. The molecular formula is C27H49Cl6N7. The summed E-state index contributed by atoms with van der Waals surface area (Å²) in [6.45, 7) is 15.1. The molecular weight excluding hydrogens is 635 g/mol. The molecule has 1 aromatic heterocycles. The van der Waals surface area contributed by atoms with Crippen molar-refractivity contribution >= 4 is 80.3 Å². The number of halogens is 6. The van der Waals surface area contributed by atoms with Gasteiger partial charge in [-0.25, -0.2) is 4.98 Å². The minimum Gasteiger partial charge on any atom is -0.354 e. The van der Waals surface area contributed by atoms with Crippen LogP contribution >= 0.6 is 74.4 Å². The van der Waals surface area contributed by atoms with Crippen molar-refractivity contribution in [1.29, 1.82) is 0 Å². The highest BCUT2D eigenvalue weighted by Gasteiger charge is 2.18. The quantitative estimate of drug-likeness (QED) is 0.435. The first-order chi connectivity index (χ1) is 16.9. The lowest BCUT2D eigenvalue weighted by Crippen LogP contribution is -2.46. The monoisotopic (exact) mass is 681 g/mol. The Kier molecular flexibility index (Phi) is 29.1. The molecule has 2 aromatic rings. The average Bonchev–Trinajstić information content (AvgIpc) is 2.88. The molecule has 0 amide bonds. The zero-order chi connectivity index (χ0) is 23.3. The molecule has 3 heterocycles. The van der Waals surface area contributed by atoms with Crippen molar-refractivity contribution in [2.45, 2.75) is 25.9 Å². The summed E-state index contributed by atoms with van der Waals surface area (Å²) in [5.41, 5.74) is 2.83. The highest BCUT2D eigenvalue weighted by Crippen LogP contribution is 2.15. The first-order valence-electron chi connectivity index (χ1n) is 13.2. The molecule has 0 atom stereocenters. The SMILES string of the molecule is Cl.Cl.Cl.Cl.Cl.Cl.c1ccc(N2CCN(Cc3ccc(CN4CCCNCCNCCCNCC4)cc3)CC2)nc1. The second-order valence-electron chi connectivity index (χ2n) is 9.50. The molecule has 3 N–H and O–H groups in total. The Morgan fingerprint density at radius 2 is 1.05 bits per heavy atom. The lowest BCUT2D eigenvalue weighted by atomic mass is 10.1. The number of benzene rings is 1. The predicted molar refractivity (Wildman–Crippen MR) is 185 cm³/mol. The number of hydrogen-bond donors (Lipinski definition) is 3. The van der Waals surface area contributed by atoms with Crippen molar-refractivity contribution in [3.63, 3.8) is 0 Å². The molecule has 0 spiro atoms. The van der Waals surface area contributed by atoms with E-state index in [4.69, 9.17) is 0 Å². The van der Waals surface area contributed by atoms with Crippen molar-refractivity contribution in [2.24, 2.45) is 0 Å². The smallest absolute Gasteiger partial charge is 0.128 e. The number of rotatable bonds is 5. The Labute approximate surface area is 278 Å². The minimum absolute atomic E-state index is 0. The molecule has 13 heteroatoms. The Morgan fingerprint density at radius 3 is 1.60 bits per heavy atom. The predicted octanol–water partition coefficient (Wildman–Crippen LogP) is 4.30. The van der Waals surface area contributed by atoms with Gasteiger partial charge < -0.3 is 20.9 Å². The van der Waals surface area contributed by atoms with Gasteiger partial charge in [0.2, 0.25) is 0 Å². The van der Waals surface area contributed by atoms with Gasteiger partial charge in [0.25, 0.3) is 0 Å². The fourth-order valence-corrected chi connectivity index (χ4v) is 4.77. The largest absolute Gasteiger partial charge is 0.354 e. The third kappa shape index (κ3) is 16.4. The lowest BCUT2D eigenvalue weighted by Gasteiger charge is -2.35. The molecule has 0 unspecified atom stereocenters. The summed E-state index contributed by atoms with van der Waals surface area (Å²) < 4.78 is 0. The van der Waals surface area contributed by atoms with Crippen LogP contribution in [0.4, 0.5) is 5.82 Å². The molecule has 40 heavy (non-hydrogen) atoms. The van der Waals surface area contributed by atoms with E-state index in [2.05, 4.69) is 72.0 Å². The van der Waals surface area contributed by atoms with Gasteiger partial charge in [0.15, 0.2) is 0 Å². The van der Waals surface area contributed by atoms with Crippen LogP contribution in [0.25, 0.3) is 0 Å². The van der Waals surface area contributed by atoms with Gasteiger partial charge in [-0.05, 0) is 62.3 Å². The van der Waals surface area contributed by atoms with Crippen LogP contribution in [0.5, 0.6) is 0 Å². The van der Waals surface area contributed by atoms with Gasteiger partial charge in [-0.3, -0.25) is 9.80 Å². The van der Waals surface area contributed by atoms with Gasteiger partial charge in [-0.2, -0.15) is 0 Å². The van der Waals surface area contributed by atoms with Crippen molar-refractivity contribution in [1.82, 2.24) is 30.7 Å². The standard InChI is InChI=1S/C27H43N7.6ClH/c1-2-13-31-27(5-1)34-21-19-33(20-22-34)24-26-8-6-25(7-9-26)23-32-17-4-12-29-15-14-28-10-3-11-30-16-18-32;;;;;;/h1-2,5-9,13,28-30H,3-4,10-12,14-24H2;6*1H. The zero-order valence-corrected chi connectivity index (χ0v) is 28.1. The van der Waals surface area contributed by atoms with Crippen molar-refractivity contribution < 1.29 is 0 Å². The Hall–Kier alpha value is -0.290. The summed E-state index contributed by atoms with van der Waals surface area (Å²) in [4.78, 5) is 12.1. The minimum atomic E-state index is 0. The first-order valence-corrected chi connectivity index (χ1v) is 13.2. The van der Waals surface area contributed by atoms with Crippen LogP contribution in [0, 0.1) is 0 Å². The molecule has 4 rings (SSSR count). The van der Waals surface area contributed by atoms with Crippen LogP contribution < -0.4 is 20.9 Å². The van der Waals surface area contributed by atoms with Crippen molar-refractivity contribution in [2.75, 3.05) is 83.4 Å². The van der Waals surface area contributed by atoms with Gasteiger partial charge in [0.05, 0.1) is 0 Å². The van der Waals surface area contributed by atoms with E-state index in [0.717, 1.165) is 97.4 Å². The molecule has 1 aromatic carbocycles. The van der Waals surface area contributed by atoms with Crippen molar-refractivity contribution in [3.8, 4) is 0 Å². The maximum Gasteiger partial charge on any atom is 0.128 e. The highest BCUT2D eigenvalue weighted by atomic mass is 35.5. The maximum absolute atomic E-state index is 4.50. The fourth-order valence-electron chi connectivity index (χ4n) is 4.77. The van der Waals surface area contributed by atoms with Gasteiger partial charge in [0, 0.05) is 71.6 Å². The molecule has 0 aliphatic carbocycles. The topological polar surface area (TPSA) is 58.7 Å². The Balaban J connectivity index is -0.00000228. The van der Waals surface area contributed by atoms with Gasteiger partial charge >= 0.3 is 0 Å². The van der Waals surface area contributed by atoms with Crippen LogP contribution in [0.2, 0.25) is 0 Å². The van der Waals surface area contributed by atoms with Crippen LogP contribution in [0.3, 0.4) is 0 Å². The van der Waals surface area contributed by atoms with Crippen LogP contribution in [0.15, 0.2) is 48.7 Å². The van der Waals surface area contributed by atoms with Crippen LogP contribution in [0.1, 0.15) is 24.0 Å². The average molecular weight is 684 g/mol. The first kappa shape index (κ1) is 44.2. The third-order valence-corrected chi connectivity index (χ3v) is 6.80. The summed E-state index contributed by atoms with van der Waals surface area (Å²) in [6, 6.07) is 15.5. The number of nitrogens with zero attached hydrogens (tertiary/aromatic N) is 4. The van der Waals surface area contributed by atoms with E-state index in [0.29, 0.717) is 0 Å². The summed E-state index contributed by atoms with van der Waals surface area (Å²) in [5.74, 6) is 1.10. The van der Waals surface area contributed by atoms with E-state index in [1.54, 1.807) is 0 Å². The van der Waals surface area contributed by atoms with Gasteiger partial charge in [0.1, 0.15) is 5.82 Å². The third-order valence-electron chi connectivity index (χ3n) is 6.80. The number of nitrogens with one attached hydrogen (secondary N) is 3. The lowest BCUT2D eigenvalue weighted by molar-refractivity contribution is 0.249. The number of anilines is 1. The fraction of sp³-hybridized carbons (Fsp3) is 0.593. The van der Waals surface area contributed by atoms with Gasteiger partial charge in [-0.15, -0.1) is 74.4 Å². The van der Waals surface area contributed by atoms with E-state index in [1.807, 2.05) is 12.3 Å². The molecule has 2 aliphatic heterocycles. The molecule has 2 fully saturated rings. The number of hydrogen-bond acceptors (Lipinski definition) is 7. The van der Waals surface area contributed by atoms with E-state index in [9.17, 15) is 0 Å². The molecule has 2 saturated heterocycles. The van der Waals surface area contributed by atoms with E-state index >= 15 is 0 Å². The maximum atomic E-state index is 4.50. The number of aromatic nitrogens is 1. The second kappa shape index (κ2) is 26.3. The normalized spacial score (nSPS) is 17.6. The second-order valence-corrected chi connectivity index (χ2v) is 9.50.